The fourth-order valence-electron chi connectivity index (χ4n) is 1.74. The van der Waals surface area contributed by atoms with Gasteiger partial charge >= 0.3 is 5.97 Å². The van der Waals surface area contributed by atoms with E-state index in [0.29, 0.717) is 12.2 Å². The van der Waals surface area contributed by atoms with Crippen LogP contribution in [-0.4, -0.2) is 22.7 Å². The summed E-state index contributed by atoms with van der Waals surface area (Å²) in [6.45, 7) is 2.09. The predicted octanol–water partition coefficient (Wildman–Crippen LogP) is 2.05. The average molecular weight is 231 g/mol. The van der Waals surface area contributed by atoms with Crippen LogP contribution in [0.15, 0.2) is 30.5 Å². The maximum Gasteiger partial charge on any atom is 0.310 e. The minimum Gasteiger partial charge on any atom is -0.508 e. The van der Waals surface area contributed by atoms with Crippen molar-refractivity contribution in [2.45, 2.75) is 13.3 Å². The molecule has 17 heavy (non-hydrogen) atoms. The minimum atomic E-state index is -0.348. The Kier molecular flexibility index (Phi) is 3.23. The van der Waals surface area contributed by atoms with Gasteiger partial charge in [-0.15, -0.1) is 0 Å². The second kappa shape index (κ2) is 4.82. The van der Waals surface area contributed by atoms with Crippen molar-refractivity contribution in [3.8, 4) is 5.75 Å². The van der Waals surface area contributed by atoms with E-state index in [2.05, 4.69) is 4.98 Å². The first-order chi connectivity index (χ1) is 8.22. The highest BCUT2D eigenvalue weighted by atomic mass is 16.5. The lowest BCUT2D eigenvalue weighted by molar-refractivity contribution is -0.142. The standard InChI is InChI=1S/C13H13NO3/c1-2-17-13(16)8-10-9-4-3-7-14-11(9)5-6-12(10)15/h3-7,15H,2,8H2,1H3. The molecule has 1 aromatic carbocycles. The van der Waals surface area contributed by atoms with Gasteiger partial charge in [-0.1, -0.05) is 6.07 Å². The number of aromatic nitrogens is 1. The van der Waals surface area contributed by atoms with Crippen LogP contribution < -0.4 is 0 Å². The van der Waals surface area contributed by atoms with Crippen molar-refractivity contribution in [2.24, 2.45) is 0 Å². The number of phenolic OH excluding ortho intramolecular Hbond substituents is 1. The summed E-state index contributed by atoms with van der Waals surface area (Å²) in [6, 6.07) is 6.87. The smallest absolute Gasteiger partial charge is 0.310 e. The Balaban J connectivity index is 2.44. The Morgan fingerprint density at radius 2 is 2.24 bits per heavy atom. The monoisotopic (exact) mass is 231 g/mol. The van der Waals surface area contributed by atoms with E-state index in [1.54, 1.807) is 31.3 Å². The lowest BCUT2D eigenvalue weighted by atomic mass is 10.0. The molecule has 4 heteroatoms. The van der Waals surface area contributed by atoms with Gasteiger partial charge < -0.3 is 9.84 Å². The van der Waals surface area contributed by atoms with Gasteiger partial charge in [0.25, 0.3) is 0 Å². The van der Waals surface area contributed by atoms with Gasteiger partial charge in [-0.05, 0) is 25.1 Å². The summed E-state index contributed by atoms with van der Waals surface area (Å²) < 4.78 is 4.88. The van der Waals surface area contributed by atoms with Gasteiger partial charge in [0.2, 0.25) is 0 Å². The number of aromatic hydroxyl groups is 1. The van der Waals surface area contributed by atoms with E-state index in [0.717, 1.165) is 10.9 Å². The summed E-state index contributed by atoms with van der Waals surface area (Å²) >= 11 is 0. The first kappa shape index (κ1) is 11.4. The van der Waals surface area contributed by atoms with Crippen LogP contribution in [0.5, 0.6) is 5.75 Å². The van der Waals surface area contributed by atoms with Crippen molar-refractivity contribution in [2.75, 3.05) is 6.61 Å². The summed E-state index contributed by atoms with van der Waals surface area (Å²) in [5.74, 6) is -0.252. The largest absolute Gasteiger partial charge is 0.508 e. The van der Waals surface area contributed by atoms with Gasteiger partial charge in [-0.3, -0.25) is 9.78 Å². The number of esters is 1. The van der Waals surface area contributed by atoms with Crippen LogP contribution >= 0.6 is 0 Å². The molecule has 88 valence electrons. The topological polar surface area (TPSA) is 59.4 Å². The zero-order chi connectivity index (χ0) is 12.3. The summed E-state index contributed by atoms with van der Waals surface area (Å²) in [5, 5.41) is 10.6. The molecule has 0 saturated carbocycles. The van der Waals surface area contributed by atoms with E-state index in [4.69, 9.17) is 4.74 Å². The molecule has 4 nitrogen and oxygen atoms in total. The maximum absolute atomic E-state index is 11.5. The molecule has 0 unspecified atom stereocenters. The number of carbonyl (C=O) groups excluding carboxylic acids is 1. The molecule has 0 bridgehead atoms. The Morgan fingerprint density at radius 1 is 1.41 bits per heavy atom. The van der Waals surface area contributed by atoms with Crippen molar-refractivity contribution in [3.63, 3.8) is 0 Å². The quantitative estimate of drug-likeness (QED) is 0.821. The summed E-state index contributed by atoms with van der Waals surface area (Å²) in [6.07, 6.45) is 1.73. The number of fused-ring (bicyclic) bond motifs is 1. The number of hydrogen-bond donors (Lipinski definition) is 1. The summed E-state index contributed by atoms with van der Waals surface area (Å²) in [5.41, 5.74) is 1.32. The molecule has 0 fully saturated rings. The zero-order valence-electron chi connectivity index (χ0n) is 9.51. The molecule has 2 aromatic rings. The van der Waals surface area contributed by atoms with E-state index in [1.807, 2.05) is 6.07 Å². The number of nitrogens with zero attached hydrogens (tertiary/aromatic N) is 1. The average Bonchev–Trinajstić information content (AvgIpc) is 2.33. The lowest BCUT2D eigenvalue weighted by Crippen LogP contribution is -2.08. The van der Waals surface area contributed by atoms with E-state index in [-0.39, 0.29) is 18.1 Å². The van der Waals surface area contributed by atoms with Gasteiger partial charge in [0, 0.05) is 17.1 Å². The van der Waals surface area contributed by atoms with Gasteiger partial charge in [0.1, 0.15) is 5.75 Å². The van der Waals surface area contributed by atoms with Crippen molar-refractivity contribution >= 4 is 16.9 Å². The first-order valence-electron chi connectivity index (χ1n) is 5.43. The summed E-state index contributed by atoms with van der Waals surface area (Å²) in [4.78, 5) is 15.6. The van der Waals surface area contributed by atoms with Crippen LogP contribution in [0, 0.1) is 0 Å². The second-order valence-corrected chi connectivity index (χ2v) is 3.62. The first-order valence-corrected chi connectivity index (χ1v) is 5.43. The third-order valence-electron chi connectivity index (χ3n) is 2.50. The Bertz CT molecular complexity index is 551. The molecule has 0 spiro atoms. The van der Waals surface area contributed by atoms with Crippen molar-refractivity contribution in [3.05, 3.63) is 36.0 Å². The van der Waals surface area contributed by atoms with Crippen LogP contribution in [0.25, 0.3) is 10.9 Å². The number of rotatable bonds is 3. The van der Waals surface area contributed by atoms with Gasteiger partial charge in [-0.25, -0.2) is 0 Å². The Hall–Kier alpha value is -2.10. The van der Waals surface area contributed by atoms with E-state index >= 15 is 0 Å². The molecule has 0 radical (unpaired) electrons. The number of pyridine rings is 1. The van der Waals surface area contributed by atoms with Crippen LogP contribution in [0.3, 0.4) is 0 Å². The predicted molar refractivity (Wildman–Crippen MR) is 63.7 cm³/mol. The second-order valence-electron chi connectivity index (χ2n) is 3.62. The normalized spacial score (nSPS) is 10.4. The number of hydrogen-bond acceptors (Lipinski definition) is 4. The third-order valence-corrected chi connectivity index (χ3v) is 2.50. The number of carbonyl (C=O) groups is 1. The van der Waals surface area contributed by atoms with Gasteiger partial charge in [-0.2, -0.15) is 0 Å². The Morgan fingerprint density at radius 3 is 3.00 bits per heavy atom. The number of phenols is 1. The molecule has 0 amide bonds. The SMILES string of the molecule is CCOC(=O)Cc1c(O)ccc2ncccc12. The van der Waals surface area contributed by atoms with Crippen LogP contribution in [0.2, 0.25) is 0 Å². The highest BCUT2D eigenvalue weighted by molar-refractivity contribution is 5.88. The highest BCUT2D eigenvalue weighted by Gasteiger charge is 2.12. The fraction of sp³-hybridized carbons (Fsp3) is 0.231. The lowest BCUT2D eigenvalue weighted by Gasteiger charge is -2.08. The van der Waals surface area contributed by atoms with Crippen LogP contribution in [0.1, 0.15) is 12.5 Å². The van der Waals surface area contributed by atoms with Crippen molar-refractivity contribution in [1.29, 1.82) is 0 Å². The maximum atomic E-state index is 11.5. The molecule has 0 aliphatic rings. The van der Waals surface area contributed by atoms with E-state index < -0.39 is 0 Å². The molecule has 0 aliphatic heterocycles. The molecular formula is C13H13NO3. The van der Waals surface area contributed by atoms with Crippen LogP contribution in [0.4, 0.5) is 0 Å². The fourth-order valence-corrected chi connectivity index (χ4v) is 1.74. The van der Waals surface area contributed by atoms with Gasteiger partial charge in [0.15, 0.2) is 0 Å². The van der Waals surface area contributed by atoms with Gasteiger partial charge in [0.05, 0.1) is 18.5 Å². The molecule has 0 saturated heterocycles. The van der Waals surface area contributed by atoms with E-state index in [1.165, 1.54) is 0 Å². The molecule has 0 atom stereocenters. The van der Waals surface area contributed by atoms with Crippen molar-refractivity contribution < 1.29 is 14.6 Å². The number of ether oxygens (including phenoxy) is 1. The van der Waals surface area contributed by atoms with Crippen LogP contribution in [-0.2, 0) is 16.0 Å². The third kappa shape index (κ3) is 2.36. The van der Waals surface area contributed by atoms with E-state index in [9.17, 15) is 9.90 Å². The molecular weight excluding hydrogens is 218 g/mol. The number of benzene rings is 1. The molecule has 2 rings (SSSR count). The molecule has 1 heterocycles. The molecule has 1 N–H and O–H groups in total. The van der Waals surface area contributed by atoms with Crippen molar-refractivity contribution in [1.82, 2.24) is 4.98 Å². The molecule has 1 aromatic heterocycles. The minimum absolute atomic E-state index is 0.0582. The highest BCUT2D eigenvalue weighted by Crippen LogP contribution is 2.26. The Labute approximate surface area is 98.9 Å². The zero-order valence-corrected chi connectivity index (χ0v) is 9.51. The molecule has 0 aliphatic carbocycles. The summed E-state index contributed by atoms with van der Waals surface area (Å²) in [7, 11) is 0.